The molecule has 2 fully saturated rings. The largest absolute Gasteiger partial charge is 0.395 e. The lowest BCUT2D eigenvalue weighted by atomic mass is 10.0. The number of aromatic nitrogens is 3. The summed E-state index contributed by atoms with van der Waals surface area (Å²) in [5.74, 6) is -0.986. The standard InChI is InChI=1S/C24H28F3N5O2.C4H7NO/c1-14-6-23(15(2)5-20(14)25)32-10-16(8-29-32)19-7-17(9-28-24(19)27)30-22-3-4-31(11-21(22)26)18(12-33)13-34;6-3-5-4-1-2-4/h5-10,18,21-22,30,33-34H,3-4,11-13H2,1-2H3;3-4H,1-2H2,(H,5,6). The fraction of sp³-hybridized carbons (Fsp3) is 0.464. The average Bonchev–Trinajstić information content (AvgIpc) is 3.63. The summed E-state index contributed by atoms with van der Waals surface area (Å²) in [6, 6.07) is 4.21. The van der Waals surface area contributed by atoms with E-state index >= 15 is 0 Å². The van der Waals surface area contributed by atoms with Crippen LogP contribution in [0.15, 0.2) is 36.8 Å². The number of likely N-dealkylation sites (tertiary alicyclic amines) is 1. The molecular weight excluding hydrogens is 525 g/mol. The normalized spacial score (nSPS) is 19.2. The predicted molar refractivity (Wildman–Crippen MR) is 145 cm³/mol. The molecule has 1 aromatic carbocycles. The number of nitrogens with one attached hydrogen (secondary N) is 2. The first-order chi connectivity index (χ1) is 19.2. The maximum atomic E-state index is 14.8. The molecule has 4 N–H and O–H groups in total. The summed E-state index contributed by atoms with van der Waals surface area (Å²) in [6.07, 6.45) is 6.79. The Morgan fingerprint density at radius 2 is 1.85 bits per heavy atom. The number of alkyl halides is 1. The van der Waals surface area contributed by atoms with E-state index in [1.165, 1.54) is 31.3 Å². The van der Waals surface area contributed by atoms with Gasteiger partial charge in [-0.15, -0.1) is 0 Å². The molecule has 5 rings (SSSR count). The molecule has 2 atom stereocenters. The minimum Gasteiger partial charge on any atom is -0.395 e. The second-order valence-electron chi connectivity index (χ2n) is 10.3. The van der Waals surface area contributed by atoms with Crippen LogP contribution in [0.25, 0.3) is 16.8 Å². The second-order valence-corrected chi connectivity index (χ2v) is 10.3. The van der Waals surface area contributed by atoms with Crippen molar-refractivity contribution in [1.29, 1.82) is 0 Å². The number of anilines is 1. The summed E-state index contributed by atoms with van der Waals surface area (Å²) in [5, 5.41) is 28.7. The van der Waals surface area contributed by atoms with Crippen LogP contribution < -0.4 is 10.6 Å². The molecule has 3 aromatic rings. The van der Waals surface area contributed by atoms with Gasteiger partial charge in [0.1, 0.15) is 12.0 Å². The summed E-state index contributed by atoms with van der Waals surface area (Å²) in [7, 11) is 0. The maximum Gasteiger partial charge on any atom is 0.220 e. The molecule has 3 heterocycles. The van der Waals surface area contributed by atoms with Gasteiger partial charge in [0, 0.05) is 36.5 Å². The van der Waals surface area contributed by atoms with E-state index in [1.807, 2.05) is 0 Å². The monoisotopic (exact) mass is 560 g/mol. The van der Waals surface area contributed by atoms with Gasteiger partial charge in [0.15, 0.2) is 0 Å². The summed E-state index contributed by atoms with van der Waals surface area (Å²) in [6.45, 7) is 3.54. The van der Waals surface area contributed by atoms with E-state index in [4.69, 9.17) is 0 Å². The molecule has 12 heteroatoms. The number of benzene rings is 1. The lowest BCUT2D eigenvalue weighted by Gasteiger charge is -2.38. The average molecular weight is 561 g/mol. The van der Waals surface area contributed by atoms with Gasteiger partial charge in [0.05, 0.1) is 49.1 Å². The van der Waals surface area contributed by atoms with Crippen LogP contribution in [0, 0.1) is 25.6 Å². The van der Waals surface area contributed by atoms with Crippen molar-refractivity contribution in [3.8, 4) is 16.8 Å². The minimum atomic E-state index is -1.24. The second kappa shape index (κ2) is 13.2. The molecule has 1 saturated carbocycles. The topological polar surface area (TPSA) is 116 Å². The number of piperidine rings is 1. The van der Waals surface area contributed by atoms with E-state index in [2.05, 4.69) is 20.7 Å². The number of aliphatic hydroxyl groups excluding tert-OH is 2. The van der Waals surface area contributed by atoms with Gasteiger partial charge in [-0.1, -0.05) is 0 Å². The summed E-state index contributed by atoms with van der Waals surface area (Å²) >= 11 is 0. The zero-order chi connectivity index (χ0) is 28.8. The minimum absolute atomic E-state index is 0.0775. The van der Waals surface area contributed by atoms with Crippen LogP contribution in [-0.4, -0.2) is 86.9 Å². The van der Waals surface area contributed by atoms with Crippen LogP contribution in [0.1, 0.15) is 30.4 Å². The van der Waals surface area contributed by atoms with Crippen molar-refractivity contribution in [2.45, 2.75) is 57.4 Å². The van der Waals surface area contributed by atoms with Gasteiger partial charge in [0.2, 0.25) is 12.4 Å². The van der Waals surface area contributed by atoms with Crippen molar-refractivity contribution in [1.82, 2.24) is 25.0 Å². The fourth-order valence-electron chi connectivity index (χ4n) is 4.61. The molecule has 0 spiro atoms. The van der Waals surface area contributed by atoms with Crippen molar-refractivity contribution in [2.75, 3.05) is 31.6 Å². The van der Waals surface area contributed by atoms with Gasteiger partial charge < -0.3 is 20.8 Å². The predicted octanol–water partition coefficient (Wildman–Crippen LogP) is 2.90. The van der Waals surface area contributed by atoms with E-state index in [9.17, 15) is 28.2 Å². The van der Waals surface area contributed by atoms with Crippen molar-refractivity contribution in [2.24, 2.45) is 0 Å². The lowest BCUT2D eigenvalue weighted by Crippen LogP contribution is -2.53. The van der Waals surface area contributed by atoms with Crippen LogP contribution in [0.5, 0.6) is 0 Å². The van der Waals surface area contributed by atoms with Crippen LogP contribution in [-0.2, 0) is 4.79 Å². The molecular formula is C28H35F3N6O3. The van der Waals surface area contributed by atoms with Gasteiger partial charge in [-0.2, -0.15) is 9.49 Å². The third-order valence-electron chi connectivity index (χ3n) is 7.20. The van der Waals surface area contributed by atoms with Crippen LogP contribution in [0.4, 0.5) is 18.9 Å². The number of halogens is 3. The first-order valence-corrected chi connectivity index (χ1v) is 13.3. The highest BCUT2D eigenvalue weighted by Gasteiger charge is 2.32. The Bertz CT molecular complexity index is 1300. The number of rotatable bonds is 9. The van der Waals surface area contributed by atoms with E-state index < -0.39 is 24.2 Å². The Balaban J connectivity index is 0.000000546. The summed E-state index contributed by atoms with van der Waals surface area (Å²) < 4.78 is 44.8. The Labute approximate surface area is 231 Å². The molecule has 2 aliphatic rings. The number of aliphatic hydroxyl groups is 2. The lowest BCUT2D eigenvalue weighted by molar-refractivity contribution is -0.109. The van der Waals surface area contributed by atoms with Gasteiger partial charge >= 0.3 is 0 Å². The number of amides is 1. The number of carbonyl (C=O) groups excluding carboxylic acids is 1. The quantitative estimate of drug-likeness (QED) is 0.235. The van der Waals surface area contributed by atoms with Gasteiger partial charge in [-0.05, 0) is 62.4 Å². The summed E-state index contributed by atoms with van der Waals surface area (Å²) in [5.41, 5.74) is 3.02. The smallest absolute Gasteiger partial charge is 0.220 e. The van der Waals surface area contributed by atoms with Crippen molar-refractivity contribution in [3.63, 3.8) is 0 Å². The number of carbonyl (C=O) groups is 1. The van der Waals surface area contributed by atoms with Gasteiger partial charge in [-0.25, -0.2) is 18.4 Å². The molecule has 1 aliphatic heterocycles. The van der Waals surface area contributed by atoms with E-state index in [0.717, 1.165) is 6.41 Å². The maximum absolute atomic E-state index is 14.8. The van der Waals surface area contributed by atoms with Crippen molar-refractivity contribution < 1.29 is 28.2 Å². The Morgan fingerprint density at radius 1 is 1.10 bits per heavy atom. The van der Waals surface area contributed by atoms with Gasteiger partial charge in [-0.3, -0.25) is 9.69 Å². The van der Waals surface area contributed by atoms with Crippen LogP contribution in [0.3, 0.4) is 0 Å². The van der Waals surface area contributed by atoms with Crippen LogP contribution >= 0.6 is 0 Å². The fourth-order valence-corrected chi connectivity index (χ4v) is 4.61. The zero-order valence-electron chi connectivity index (χ0n) is 22.5. The molecule has 1 amide bonds. The first kappa shape index (κ1) is 29.5. The number of hydrogen-bond acceptors (Lipinski definition) is 7. The Kier molecular flexibility index (Phi) is 9.77. The molecule has 216 valence electrons. The SMILES string of the molecule is Cc1cc(-n2cc(-c3cc(NC4CCN(C(CO)CO)CC4F)cnc3F)cn2)c(C)cc1F.O=CNC1CC1. The Hall–Kier alpha value is -3.48. The molecule has 40 heavy (non-hydrogen) atoms. The van der Waals surface area contributed by atoms with E-state index in [0.29, 0.717) is 47.1 Å². The third kappa shape index (κ3) is 7.18. The zero-order valence-corrected chi connectivity index (χ0v) is 22.5. The number of hydrogen-bond donors (Lipinski definition) is 4. The first-order valence-electron chi connectivity index (χ1n) is 13.3. The third-order valence-corrected chi connectivity index (χ3v) is 7.20. The summed E-state index contributed by atoms with van der Waals surface area (Å²) in [4.78, 5) is 15.1. The number of nitrogens with zero attached hydrogens (tertiary/aromatic N) is 4. The number of pyridine rings is 1. The number of aryl methyl sites for hydroxylation is 2. The Morgan fingerprint density at radius 3 is 2.48 bits per heavy atom. The molecule has 2 unspecified atom stereocenters. The molecule has 0 radical (unpaired) electrons. The van der Waals surface area contributed by atoms with E-state index in [-0.39, 0.29) is 31.1 Å². The highest BCUT2D eigenvalue weighted by atomic mass is 19.1. The van der Waals surface area contributed by atoms with Crippen molar-refractivity contribution >= 4 is 12.1 Å². The molecule has 9 nitrogen and oxygen atoms in total. The highest BCUT2D eigenvalue weighted by molar-refractivity contribution is 5.67. The molecule has 1 aliphatic carbocycles. The molecule has 0 bridgehead atoms. The molecule has 1 saturated heterocycles. The highest BCUT2D eigenvalue weighted by Crippen LogP contribution is 2.28. The van der Waals surface area contributed by atoms with Gasteiger partial charge in [0.25, 0.3) is 0 Å². The van der Waals surface area contributed by atoms with Crippen molar-refractivity contribution in [3.05, 3.63) is 59.7 Å². The van der Waals surface area contributed by atoms with E-state index in [1.54, 1.807) is 41.8 Å². The van der Waals surface area contributed by atoms with Crippen LogP contribution in [0.2, 0.25) is 0 Å². The molecule has 2 aromatic heterocycles.